The number of amides is 1. The van der Waals surface area contributed by atoms with Crippen molar-refractivity contribution in [3.05, 3.63) is 11.4 Å². The first-order valence-corrected chi connectivity index (χ1v) is 8.43. The Bertz CT molecular complexity index is 665. The van der Waals surface area contributed by atoms with Crippen molar-refractivity contribution in [2.24, 2.45) is 11.1 Å². The number of nitrogens with one attached hydrogen (secondary N) is 2. The fourth-order valence-electron chi connectivity index (χ4n) is 2.81. The van der Waals surface area contributed by atoms with Gasteiger partial charge in [-0.15, -0.1) is 0 Å². The third-order valence-electron chi connectivity index (χ3n) is 3.93. The molecule has 2 unspecified atom stereocenters. The van der Waals surface area contributed by atoms with E-state index in [2.05, 4.69) is 15.5 Å². The smallest absolute Gasteiger partial charge is 0.273 e. The Hall–Kier alpha value is -1.45. The summed E-state index contributed by atoms with van der Waals surface area (Å²) in [6.45, 7) is 2.11. The van der Waals surface area contributed by atoms with Crippen LogP contribution in [0.5, 0.6) is 0 Å². The monoisotopic (exact) mass is 314 g/mol. The van der Waals surface area contributed by atoms with Crippen LogP contribution >= 0.6 is 0 Å². The fourth-order valence-corrected chi connectivity index (χ4v) is 3.69. The SMILES string of the molecule is Cc1[nH]nc(C(=O)NC2CCOC2C2CC2)c1S(N)(=O)=O. The number of aromatic nitrogens is 2. The zero-order valence-electron chi connectivity index (χ0n) is 11.6. The molecule has 1 saturated heterocycles. The summed E-state index contributed by atoms with van der Waals surface area (Å²) >= 11 is 0. The molecule has 2 heterocycles. The Morgan fingerprint density at radius 1 is 1.43 bits per heavy atom. The standard InChI is InChI=1S/C12H18N4O4S/c1-6-11(21(13,18)19)9(16-15-6)12(17)14-8-4-5-20-10(8)7-2-3-7/h7-8,10H,2-5H2,1H3,(H,14,17)(H,15,16)(H2,13,18,19). The summed E-state index contributed by atoms with van der Waals surface area (Å²) in [5, 5.41) is 14.2. The molecule has 21 heavy (non-hydrogen) atoms. The first-order valence-electron chi connectivity index (χ1n) is 6.88. The van der Waals surface area contributed by atoms with Crippen molar-refractivity contribution in [1.82, 2.24) is 15.5 Å². The number of hydrogen-bond donors (Lipinski definition) is 3. The lowest BCUT2D eigenvalue weighted by Gasteiger charge is -2.19. The van der Waals surface area contributed by atoms with Crippen molar-refractivity contribution in [3.63, 3.8) is 0 Å². The molecule has 0 radical (unpaired) electrons. The first kappa shape index (κ1) is 14.5. The summed E-state index contributed by atoms with van der Waals surface area (Å²) in [5.41, 5.74) is 0.0699. The van der Waals surface area contributed by atoms with E-state index in [0.29, 0.717) is 12.5 Å². The highest BCUT2D eigenvalue weighted by atomic mass is 32.2. The number of nitrogens with two attached hydrogens (primary N) is 1. The lowest BCUT2D eigenvalue weighted by Crippen LogP contribution is -2.42. The Morgan fingerprint density at radius 3 is 2.76 bits per heavy atom. The van der Waals surface area contributed by atoms with Gasteiger partial charge in [0.15, 0.2) is 5.69 Å². The predicted molar refractivity (Wildman–Crippen MR) is 73.0 cm³/mol. The number of aromatic amines is 1. The molecular formula is C12H18N4O4S. The fraction of sp³-hybridized carbons (Fsp3) is 0.667. The number of aryl methyl sites for hydroxylation is 1. The van der Waals surface area contributed by atoms with Crippen LogP contribution in [0, 0.1) is 12.8 Å². The maximum atomic E-state index is 12.3. The van der Waals surface area contributed by atoms with Crippen LogP contribution < -0.4 is 10.5 Å². The Balaban J connectivity index is 1.80. The van der Waals surface area contributed by atoms with E-state index in [0.717, 1.165) is 19.3 Å². The van der Waals surface area contributed by atoms with E-state index in [1.807, 2.05) is 0 Å². The van der Waals surface area contributed by atoms with Crippen LogP contribution in [0.1, 0.15) is 35.4 Å². The molecule has 8 nitrogen and oxygen atoms in total. The van der Waals surface area contributed by atoms with Crippen molar-refractivity contribution in [2.45, 2.75) is 43.2 Å². The molecule has 1 saturated carbocycles. The summed E-state index contributed by atoms with van der Waals surface area (Å²) in [6, 6.07) is -0.102. The highest BCUT2D eigenvalue weighted by molar-refractivity contribution is 7.89. The second-order valence-corrected chi connectivity index (χ2v) is 7.11. The zero-order chi connectivity index (χ0) is 15.2. The lowest BCUT2D eigenvalue weighted by molar-refractivity contribution is 0.0726. The van der Waals surface area contributed by atoms with Gasteiger partial charge in [-0.3, -0.25) is 9.89 Å². The Morgan fingerprint density at radius 2 is 2.14 bits per heavy atom. The minimum absolute atomic E-state index is 0.0203. The van der Waals surface area contributed by atoms with Crippen LogP contribution in [0.15, 0.2) is 4.90 Å². The van der Waals surface area contributed by atoms with Gasteiger partial charge in [-0.25, -0.2) is 13.6 Å². The summed E-state index contributed by atoms with van der Waals surface area (Å²) in [4.78, 5) is 12.1. The lowest BCUT2D eigenvalue weighted by atomic mass is 10.1. The summed E-state index contributed by atoms with van der Waals surface area (Å²) in [6.07, 6.45) is 2.97. The van der Waals surface area contributed by atoms with Crippen molar-refractivity contribution in [1.29, 1.82) is 0 Å². The third-order valence-corrected chi connectivity index (χ3v) is 5.00. The number of ether oxygens (including phenoxy) is 1. The molecule has 2 atom stereocenters. The van der Waals surface area contributed by atoms with Gasteiger partial charge in [-0.1, -0.05) is 0 Å². The number of primary sulfonamides is 1. The molecule has 1 aromatic heterocycles. The van der Waals surface area contributed by atoms with Crippen LogP contribution in [0.2, 0.25) is 0 Å². The molecule has 0 bridgehead atoms. The average Bonchev–Trinajstić information content (AvgIpc) is 2.99. The van der Waals surface area contributed by atoms with Gasteiger partial charge in [0.25, 0.3) is 5.91 Å². The molecule has 0 spiro atoms. The van der Waals surface area contributed by atoms with Crippen LogP contribution in [-0.4, -0.2) is 43.3 Å². The molecule has 3 rings (SSSR count). The van der Waals surface area contributed by atoms with Crippen LogP contribution in [-0.2, 0) is 14.8 Å². The highest BCUT2D eigenvalue weighted by Crippen LogP contribution is 2.38. The van der Waals surface area contributed by atoms with E-state index < -0.39 is 15.9 Å². The molecule has 1 aromatic rings. The van der Waals surface area contributed by atoms with Gasteiger partial charge >= 0.3 is 0 Å². The molecule has 116 valence electrons. The number of carbonyl (C=O) groups excluding carboxylic acids is 1. The van der Waals surface area contributed by atoms with E-state index >= 15 is 0 Å². The number of nitrogens with zero attached hydrogens (tertiary/aromatic N) is 1. The second kappa shape index (κ2) is 5.08. The molecule has 2 aliphatic rings. The quantitative estimate of drug-likeness (QED) is 0.701. The van der Waals surface area contributed by atoms with Gasteiger partial charge in [-0.2, -0.15) is 5.10 Å². The number of H-pyrrole nitrogens is 1. The molecule has 2 fully saturated rings. The van der Waals surface area contributed by atoms with Gasteiger partial charge in [0.05, 0.1) is 17.8 Å². The number of carbonyl (C=O) groups is 1. The zero-order valence-corrected chi connectivity index (χ0v) is 12.4. The largest absolute Gasteiger partial charge is 0.376 e. The van der Waals surface area contributed by atoms with Crippen LogP contribution in [0.3, 0.4) is 0 Å². The van der Waals surface area contributed by atoms with Crippen molar-refractivity contribution in [3.8, 4) is 0 Å². The summed E-state index contributed by atoms with van der Waals surface area (Å²) < 4.78 is 28.8. The van der Waals surface area contributed by atoms with Gasteiger partial charge in [0, 0.05) is 6.61 Å². The van der Waals surface area contributed by atoms with Crippen molar-refractivity contribution in [2.75, 3.05) is 6.61 Å². The van der Waals surface area contributed by atoms with Crippen LogP contribution in [0.4, 0.5) is 0 Å². The first-order chi connectivity index (χ1) is 9.88. The number of hydrogen-bond acceptors (Lipinski definition) is 5. The molecule has 4 N–H and O–H groups in total. The van der Waals surface area contributed by atoms with Gasteiger partial charge in [0.2, 0.25) is 10.0 Å². The molecule has 1 aliphatic heterocycles. The topological polar surface area (TPSA) is 127 Å². The maximum absolute atomic E-state index is 12.3. The van der Waals surface area contributed by atoms with Crippen molar-refractivity contribution < 1.29 is 17.9 Å². The van der Waals surface area contributed by atoms with Gasteiger partial charge in [-0.05, 0) is 32.1 Å². The molecule has 1 aliphatic carbocycles. The van der Waals surface area contributed by atoms with E-state index in [4.69, 9.17) is 9.88 Å². The molecule has 1 amide bonds. The maximum Gasteiger partial charge on any atom is 0.273 e. The average molecular weight is 314 g/mol. The van der Waals surface area contributed by atoms with E-state index in [9.17, 15) is 13.2 Å². The highest BCUT2D eigenvalue weighted by Gasteiger charge is 2.41. The van der Waals surface area contributed by atoms with E-state index in [1.165, 1.54) is 6.92 Å². The molecule has 0 aromatic carbocycles. The summed E-state index contributed by atoms with van der Waals surface area (Å²) in [5.74, 6) is -0.0408. The normalized spacial score (nSPS) is 26.0. The number of sulfonamides is 1. The van der Waals surface area contributed by atoms with E-state index in [-0.39, 0.29) is 28.4 Å². The van der Waals surface area contributed by atoms with Gasteiger partial charge < -0.3 is 10.1 Å². The second-order valence-electron chi connectivity index (χ2n) is 5.61. The predicted octanol–water partition coefficient (Wildman–Crippen LogP) is -0.337. The van der Waals surface area contributed by atoms with Gasteiger partial charge in [0.1, 0.15) is 4.90 Å². The Kier molecular flexibility index (Phi) is 3.50. The minimum Gasteiger partial charge on any atom is -0.376 e. The summed E-state index contributed by atoms with van der Waals surface area (Å²) in [7, 11) is -4.00. The molecule has 9 heteroatoms. The van der Waals surface area contributed by atoms with E-state index in [1.54, 1.807) is 0 Å². The molecular weight excluding hydrogens is 296 g/mol. The minimum atomic E-state index is -4.00. The van der Waals surface area contributed by atoms with Crippen molar-refractivity contribution >= 4 is 15.9 Å². The third kappa shape index (κ3) is 2.81. The number of rotatable bonds is 4. The van der Waals surface area contributed by atoms with Crippen LogP contribution in [0.25, 0.3) is 0 Å². The Labute approximate surface area is 122 Å².